The fourth-order valence-electron chi connectivity index (χ4n) is 2.73. The molecule has 0 bridgehead atoms. The molecule has 0 aliphatic carbocycles. The van der Waals surface area contributed by atoms with Crippen LogP contribution in [-0.2, 0) is 10.2 Å². The van der Waals surface area contributed by atoms with Gasteiger partial charge in [-0.05, 0) is 50.1 Å². The minimum absolute atomic E-state index is 0.0392. The average molecular weight is 327 g/mol. The molecule has 4 heteroatoms. The van der Waals surface area contributed by atoms with E-state index in [9.17, 15) is 4.79 Å². The summed E-state index contributed by atoms with van der Waals surface area (Å²) >= 11 is 6.03. The zero-order valence-electron chi connectivity index (χ0n) is 13.4. The Morgan fingerprint density at radius 2 is 1.91 bits per heavy atom. The molecule has 0 aliphatic heterocycles. The van der Waals surface area contributed by atoms with Gasteiger partial charge in [0.05, 0.1) is 5.41 Å². The van der Waals surface area contributed by atoms with Crippen molar-refractivity contribution in [3.63, 3.8) is 0 Å². The minimum Gasteiger partial charge on any atom is -0.361 e. The molecule has 3 rings (SSSR count). The van der Waals surface area contributed by atoms with E-state index in [1.807, 2.05) is 69.4 Å². The number of carbonyl (C=O) groups is 1. The standard InChI is InChI=1S/C19H19ClN2O/c1-12-6-4-5-7-16(12)22-18(23)19(2,3)15-11-21-17-10-13(20)8-9-14(15)17/h4-11,21H,1-3H3,(H,22,23). The smallest absolute Gasteiger partial charge is 0.234 e. The van der Waals surface area contributed by atoms with Gasteiger partial charge in [0.2, 0.25) is 5.91 Å². The van der Waals surface area contributed by atoms with Crippen LogP contribution in [0.25, 0.3) is 10.9 Å². The van der Waals surface area contributed by atoms with E-state index in [0.717, 1.165) is 27.7 Å². The molecule has 0 aliphatic rings. The van der Waals surface area contributed by atoms with Crippen molar-refractivity contribution in [1.82, 2.24) is 4.98 Å². The highest BCUT2D eigenvalue weighted by atomic mass is 35.5. The second-order valence-electron chi connectivity index (χ2n) is 6.29. The Balaban J connectivity index is 1.96. The van der Waals surface area contributed by atoms with Gasteiger partial charge >= 0.3 is 0 Å². The Hall–Kier alpha value is -2.26. The average Bonchev–Trinajstić information content (AvgIpc) is 2.93. The number of hydrogen-bond acceptors (Lipinski definition) is 1. The van der Waals surface area contributed by atoms with Crippen LogP contribution in [0, 0.1) is 6.92 Å². The van der Waals surface area contributed by atoms with Crippen molar-refractivity contribution in [3.05, 3.63) is 64.8 Å². The summed E-state index contributed by atoms with van der Waals surface area (Å²) < 4.78 is 0. The Labute approximate surface area is 140 Å². The number of benzene rings is 2. The van der Waals surface area contributed by atoms with Crippen molar-refractivity contribution in [1.29, 1.82) is 0 Å². The monoisotopic (exact) mass is 326 g/mol. The maximum absolute atomic E-state index is 12.8. The molecule has 118 valence electrons. The number of H-pyrrole nitrogens is 1. The summed E-state index contributed by atoms with van der Waals surface area (Å²) in [7, 11) is 0. The third-order valence-electron chi connectivity index (χ3n) is 4.28. The van der Waals surface area contributed by atoms with E-state index in [1.54, 1.807) is 0 Å². The second-order valence-corrected chi connectivity index (χ2v) is 6.72. The molecule has 0 saturated heterocycles. The molecule has 0 unspecified atom stereocenters. The van der Waals surface area contributed by atoms with Crippen LogP contribution in [0.5, 0.6) is 0 Å². The highest BCUT2D eigenvalue weighted by Gasteiger charge is 2.32. The lowest BCUT2D eigenvalue weighted by atomic mass is 9.83. The third-order valence-corrected chi connectivity index (χ3v) is 4.51. The number of hydrogen-bond donors (Lipinski definition) is 2. The van der Waals surface area contributed by atoms with Gasteiger partial charge in [0.1, 0.15) is 0 Å². The molecule has 3 nitrogen and oxygen atoms in total. The van der Waals surface area contributed by atoms with Gasteiger partial charge < -0.3 is 10.3 Å². The Morgan fingerprint density at radius 3 is 2.65 bits per heavy atom. The van der Waals surface area contributed by atoms with Crippen molar-refractivity contribution >= 4 is 34.1 Å². The first-order valence-electron chi connectivity index (χ1n) is 7.54. The lowest BCUT2D eigenvalue weighted by Crippen LogP contribution is -2.34. The molecule has 1 aromatic heterocycles. The van der Waals surface area contributed by atoms with Crippen molar-refractivity contribution in [2.75, 3.05) is 5.32 Å². The van der Waals surface area contributed by atoms with E-state index >= 15 is 0 Å². The van der Waals surface area contributed by atoms with Crippen LogP contribution in [0.3, 0.4) is 0 Å². The normalized spacial score (nSPS) is 11.7. The van der Waals surface area contributed by atoms with Crippen LogP contribution in [0.1, 0.15) is 25.0 Å². The summed E-state index contributed by atoms with van der Waals surface area (Å²) in [6.07, 6.45) is 1.89. The summed E-state index contributed by atoms with van der Waals surface area (Å²) in [5, 5.41) is 4.72. The van der Waals surface area contributed by atoms with Gasteiger partial charge in [-0.15, -0.1) is 0 Å². The summed E-state index contributed by atoms with van der Waals surface area (Å²) in [6, 6.07) is 13.4. The van der Waals surface area contributed by atoms with Gasteiger partial charge in [0.25, 0.3) is 0 Å². The fourth-order valence-corrected chi connectivity index (χ4v) is 2.90. The number of nitrogens with one attached hydrogen (secondary N) is 2. The summed E-state index contributed by atoms with van der Waals surface area (Å²) in [5.74, 6) is -0.0392. The van der Waals surface area contributed by atoms with Crippen LogP contribution in [0.4, 0.5) is 5.69 Å². The van der Waals surface area contributed by atoms with E-state index in [1.165, 1.54) is 0 Å². The van der Waals surface area contributed by atoms with Gasteiger partial charge in [-0.25, -0.2) is 0 Å². The lowest BCUT2D eigenvalue weighted by molar-refractivity contribution is -0.120. The van der Waals surface area contributed by atoms with E-state index in [2.05, 4.69) is 10.3 Å². The van der Waals surface area contributed by atoms with Gasteiger partial charge in [-0.2, -0.15) is 0 Å². The van der Waals surface area contributed by atoms with Crippen LogP contribution in [-0.4, -0.2) is 10.9 Å². The SMILES string of the molecule is Cc1ccccc1NC(=O)C(C)(C)c1c[nH]c2cc(Cl)ccc12. The molecule has 23 heavy (non-hydrogen) atoms. The molecule has 2 aromatic carbocycles. The molecular formula is C19H19ClN2O. The Kier molecular flexibility index (Phi) is 3.90. The van der Waals surface area contributed by atoms with Crippen LogP contribution in [0.2, 0.25) is 5.02 Å². The lowest BCUT2D eigenvalue weighted by Gasteiger charge is -2.24. The molecular weight excluding hydrogens is 308 g/mol. The van der Waals surface area contributed by atoms with E-state index in [0.29, 0.717) is 5.02 Å². The third kappa shape index (κ3) is 2.84. The highest BCUT2D eigenvalue weighted by Crippen LogP contribution is 2.33. The Morgan fingerprint density at radius 1 is 1.17 bits per heavy atom. The van der Waals surface area contributed by atoms with Gasteiger partial charge in [-0.1, -0.05) is 35.9 Å². The topological polar surface area (TPSA) is 44.9 Å². The Bertz CT molecular complexity index is 880. The number of aromatic amines is 1. The van der Waals surface area contributed by atoms with Gasteiger partial charge in [-0.3, -0.25) is 4.79 Å². The second kappa shape index (κ2) is 5.74. The summed E-state index contributed by atoms with van der Waals surface area (Å²) in [5.41, 5.74) is 3.10. The zero-order valence-corrected chi connectivity index (χ0v) is 14.2. The number of fused-ring (bicyclic) bond motifs is 1. The molecule has 3 aromatic rings. The predicted molar refractivity (Wildman–Crippen MR) is 96.1 cm³/mol. The van der Waals surface area contributed by atoms with Crippen molar-refractivity contribution in [2.24, 2.45) is 0 Å². The zero-order chi connectivity index (χ0) is 16.6. The number of aromatic nitrogens is 1. The number of rotatable bonds is 3. The first-order valence-corrected chi connectivity index (χ1v) is 7.91. The number of aryl methyl sites for hydroxylation is 1. The first kappa shape index (κ1) is 15.6. The van der Waals surface area contributed by atoms with Crippen LogP contribution < -0.4 is 5.32 Å². The number of anilines is 1. The molecule has 1 amide bonds. The van der Waals surface area contributed by atoms with Crippen LogP contribution in [0.15, 0.2) is 48.7 Å². The fraction of sp³-hybridized carbons (Fsp3) is 0.211. The number of carbonyl (C=O) groups excluding carboxylic acids is 1. The maximum Gasteiger partial charge on any atom is 0.234 e. The summed E-state index contributed by atoms with van der Waals surface area (Å²) in [6.45, 7) is 5.84. The minimum atomic E-state index is -0.672. The van der Waals surface area contributed by atoms with Crippen molar-refractivity contribution < 1.29 is 4.79 Å². The van der Waals surface area contributed by atoms with Crippen molar-refractivity contribution in [3.8, 4) is 0 Å². The number of amides is 1. The molecule has 2 N–H and O–H groups in total. The highest BCUT2D eigenvalue weighted by molar-refractivity contribution is 6.31. The van der Waals surface area contributed by atoms with E-state index in [-0.39, 0.29) is 5.91 Å². The first-order chi connectivity index (χ1) is 10.9. The molecule has 0 spiro atoms. The molecule has 0 saturated carbocycles. The van der Waals surface area contributed by atoms with E-state index in [4.69, 9.17) is 11.6 Å². The van der Waals surface area contributed by atoms with E-state index < -0.39 is 5.41 Å². The maximum atomic E-state index is 12.8. The van der Waals surface area contributed by atoms with Gasteiger partial charge in [0.15, 0.2) is 0 Å². The van der Waals surface area contributed by atoms with Crippen molar-refractivity contribution in [2.45, 2.75) is 26.2 Å². The largest absolute Gasteiger partial charge is 0.361 e. The number of para-hydroxylation sites is 1. The molecule has 0 radical (unpaired) electrons. The van der Waals surface area contributed by atoms with Crippen LogP contribution >= 0.6 is 11.6 Å². The summed E-state index contributed by atoms with van der Waals surface area (Å²) in [4.78, 5) is 16.0. The number of halogens is 1. The molecule has 0 atom stereocenters. The molecule has 0 fully saturated rings. The molecule has 1 heterocycles. The predicted octanol–water partition coefficient (Wildman–Crippen LogP) is 5.05. The van der Waals surface area contributed by atoms with Gasteiger partial charge in [0, 0.05) is 27.8 Å². The quantitative estimate of drug-likeness (QED) is 0.695.